The summed E-state index contributed by atoms with van der Waals surface area (Å²) in [6.45, 7) is 1.16. The number of aryl methyl sites for hydroxylation is 2. The normalized spacial score (nSPS) is 13.1. The van der Waals surface area contributed by atoms with E-state index in [-0.39, 0.29) is 24.7 Å². The molecule has 1 aromatic carbocycles. The number of carbonyl (C=O) groups is 4. The van der Waals surface area contributed by atoms with Crippen molar-refractivity contribution in [3.8, 4) is 0 Å². The lowest BCUT2D eigenvalue weighted by Gasteiger charge is -2.13. The van der Waals surface area contributed by atoms with Crippen molar-refractivity contribution >= 4 is 40.7 Å². The van der Waals surface area contributed by atoms with E-state index in [0.717, 1.165) is 28.5 Å². The summed E-state index contributed by atoms with van der Waals surface area (Å²) in [7, 11) is 0. The standard InChI is InChI=1S/C24H31N7O5/c25-23(26)28-12-11-27-20(32)5-1-3-17-14-18-13-16(6-7-19(18)30-15-17)4-2-10-29-24(35)36-31-21(33)8-9-22(31)34/h6-7,13-15H,1-5,8-12H2,(H,27,32)(H,29,35)(H4,25,26,28). The molecule has 1 saturated heterocycles. The van der Waals surface area contributed by atoms with Crippen molar-refractivity contribution in [1.82, 2.24) is 26.0 Å². The molecular formula is C24H31N7O5. The Morgan fingerprint density at radius 2 is 1.67 bits per heavy atom. The average Bonchev–Trinajstić information content (AvgIpc) is 3.16. The van der Waals surface area contributed by atoms with Crippen LogP contribution in [0.2, 0.25) is 0 Å². The lowest BCUT2D eigenvalue weighted by atomic mass is 10.0. The molecule has 0 bridgehead atoms. The number of nitrogens with two attached hydrogens (primary N) is 1. The number of imide groups is 1. The van der Waals surface area contributed by atoms with Gasteiger partial charge in [-0.3, -0.25) is 24.8 Å². The number of benzene rings is 1. The van der Waals surface area contributed by atoms with Crippen LogP contribution in [-0.4, -0.2) is 59.5 Å². The molecule has 2 heterocycles. The van der Waals surface area contributed by atoms with Crippen LogP contribution in [0.3, 0.4) is 0 Å². The zero-order chi connectivity index (χ0) is 25.9. The Morgan fingerprint density at radius 1 is 0.972 bits per heavy atom. The van der Waals surface area contributed by atoms with Crippen molar-refractivity contribution in [1.29, 1.82) is 5.41 Å². The first-order valence-electron chi connectivity index (χ1n) is 11.9. The Balaban J connectivity index is 1.39. The van der Waals surface area contributed by atoms with E-state index in [1.807, 2.05) is 18.3 Å². The van der Waals surface area contributed by atoms with Crippen LogP contribution in [0, 0.1) is 5.41 Å². The van der Waals surface area contributed by atoms with Crippen LogP contribution in [0.15, 0.2) is 30.5 Å². The number of rotatable bonds is 12. The van der Waals surface area contributed by atoms with Gasteiger partial charge in [-0.25, -0.2) is 4.79 Å². The third-order valence-corrected chi connectivity index (χ3v) is 5.53. The Bertz CT molecular complexity index is 1120. The number of guanidine groups is 1. The van der Waals surface area contributed by atoms with Gasteiger partial charge in [0.2, 0.25) is 5.91 Å². The number of nitrogens with one attached hydrogen (secondary N) is 4. The maximum Gasteiger partial charge on any atom is 0.432 e. The fourth-order valence-electron chi connectivity index (χ4n) is 3.72. The number of nitrogens with zero attached hydrogens (tertiary/aromatic N) is 2. The summed E-state index contributed by atoms with van der Waals surface area (Å²) >= 11 is 0. The molecule has 1 fully saturated rings. The molecule has 192 valence electrons. The second-order valence-electron chi connectivity index (χ2n) is 8.41. The van der Waals surface area contributed by atoms with Crippen LogP contribution < -0.4 is 21.7 Å². The molecule has 6 N–H and O–H groups in total. The summed E-state index contributed by atoms with van der Waals surface area (Å²) in [6, 6.07) is 8.06. The summed E-state index contributed by atoms with van der Waals surface area (Å²) in [5, 5.41) is 16.5. The van der Waals surface area contributed by atoms with Gasteiger partial charge in [-0.15, -0.1) is 5.06 Å². The topological polar surface area (TPSA) is 180 Å². The molecule has 1 aliphatic rings. The largest absolute Gasteiger partial charge is 0.432 e. The van der Waals surface area contributed by atoms with Crippen LogP contribution in [0.1, 0.15) is 43.2 Å². The van der Waals surface area contributed by atoms with E-state index in [2.05, 4.69) is 33.1 Å². The van der Waals surface area contributed by atoms with Gasteiger partial charge in [-0.1, -0.05) is 6.07 Å². The van der Waals surface area contributed by atoms with Gasteiger partial charge in [0, 0.05) is 50.5 Å². The van der Waals surface area contributed by atoms with Gasteiger partial charge < -0.3 is 26.5 Å². The van der Waals surface area contributed by atoms with Gasteiger partial charge in [0.05, 0.1) is 5.52 Å². The highest BCUT2D eigenvalue weighted by Gasteiger charge is 2.32. The van der Waals surface area contributed by atoms with Gasteiger partial charge in [0.1, 0.15) is 0 Å². The Morgan fingerprint density at radius 3 is 2.42 bits per heavy atom. The van der Waals surface area contributed by atoms with Crippen LogP contribution >= 0.6 is 0 Å². The van der Waals surface area contributed by atoms with E-state index in [9.17, 15) is 19.2 Å². The molecule has 0 radical (unpaired) electrons. The second kappa shape index (κ2) is 13.0. The molecule has 0 saturated carbocycles. The van der Waals surface area contributed by atoms with Crippen LogP contribution in [0.25, 0.3) is 10.9 Å². The van der Waals surface area contributed by atoms with Crippen molar-refractivity contribution in [3.63, 3.8) is 0 Å². The van der Waals surface area contributed by atoms with Crippen LogP contribution in [0.5, 0.6) is 0 Å². The van der Waals surface area contributed by atoms with Crippen molar-refractivity contribution in [3.05, 3.63) is 41.6 Å². The first-order valence-corrected chi connectivity index (χ1v) is 11.9. The zero-order valence-corrected chi connectivity index (χ0v) is 20.0. The van der Waals surface area contributed by atoms with E-state index < -0.39 is 17.9 Å². The van der Waals surface area contributed by atoms with Crippen molar-refractivity contribution < 1.29 is 24.0 Å². The van der Waals surface area contributed by atoms with E-state index in [0.29, 0.717) is 50.4 Å². The molecule has 2 aromatic rings. The molecule has 3 rings (SSSR count). The molecule has 0 spiro atoms. The smallest absolute Gasteiger partial charge is 0.370 e. The van der Waals surface area contributed by atoms with Gasteiger partial charge >= 0.3 is 6.09 Å². The van der Waals surface area contributed by atoms with Crippen molar-refractivity contribution in [2.45, 2.75) is 44.9 Å². The molecule has 1 aromatic heterocycles. The Kier molecular flexibility index (Phi) is 9.55. The molecule has 12 heteroatoms. The summed E-state index contributed by atoms with van der Waals surface area (Å²) in [5.41, 5.74) is 8.19. The minimum absolute atomic E-state index is 0.0486. The lowest BCUT2D eigenvalue weighted by molar-refractivity contribution is -0.171. The molecule has 0 atom stereocenters. The minimum Gasteiger partial charge on any atom is -0.370 e. The summed E-state index contributed by atoms with van der Waals surface area (Å²) in [6.07, 6.45) is 4.27. The number of fused-ring (bicyclic) bond motifs is 1. The monoisotopic (exact) mass is 497 g/mol. The predicted molar refractivity (Wildman–Crippen MR) is 131 cm³/mol. The predicted octanol–water partition coefficient (Wildman–Crippen LogP) is 0.880. The third-order valence-electron chi connectivity index (χ3n) is 5.53. The highest BCUT2D eigenvalue weighted by Crippen LogP contribution is 2.18. The number of pyridine rings is 1. The Labute approximate surface area is 208 Å². The maximum atomic E-state index is 11.9. The average molecular weight is 498 g/mol. The zero-order valence-electron chi connectivity index (χ0n) is 20.0. The molecule has 0 aliphatic carbocycles. The summed E-state index contributed by atoms with van der Waals surface area (Å²) in [4.78, 5) is 56.0. The number of hydrogen-bond acceptors (Lipinski definition) is 7. The number of hydroxylamine groups is 2. The molecule has 36 heavy (non-hydrogen) atoms. The fraction of sp³-hybridized carbons (Fsp3) is 0.417. The van der Waals surface area contributed by atoms with Crippen LogP contribution in [0.4, 0.5) is 4.79 Å². The fourth-order valence-corrected chi connectivity index (χ4v) is 3.72. The van der Waals surface area contributed by atoms with Crippen LogP contribution in [-0.2, 0) is 32.1 Å². The lowest BCUT2D eigenvalue weighted by Crippen LogP contribution is -2.37. The number of carbonyl (C=O) groups excluding carboxylic acids is 4. The van der Waals surface area contributed by atoms with Gasteiger partial charge in [-0.2, -0.15) is 0 Å². The first-order chi connectivity index (χ1) is 17.3. The highest BCUT2D eigenvalue weighted by atomic mass is 16.7. The highest BCUT2D eigenvalue weighted by molar-refractivity contribution is 6.01. The van der Waals surface area contributed by atoms with Crippen molar-refractivity contribution in [2.24, 2.45) is 5.73 Å². The van der Waals surface area contributed by atoms with E-state index in [1.54, 1.807) is 0 Å². The van der Waals surface area contributed by atoms with E-state index >= 15 is 0 Å². The second-order valence-corrected chi connectivity index (χ2v) is 8.41. The molecule has 0 unspecified atom stereocenters. The Hall–Kier alpha value is -4.22. The van der Waals surface area contributed by atoms with E-state index in [1.165, 1.54) is 0 Å². The molecule has 1 aliphatic heterocycles. The number of hydrogen-bond donors (Lipinski definition) is 5. The number of amides is 4. The van der Waals surface area contributed by atoms with Gasteiger partial charge in [0.15, 0.2) is 5.96 Å². The van der Waals surface area contributed by atoms with Gasteiger partial charge in [-0.05, 0) is 55.0 Å². The minimum atomic E-state index is -0.827. The number of aromatic nitrogens is 1. The SMILES string of the molecule is N=C(N)NCCNC(=O)CCCc1cnc2ccc(CCCNC(=O)ON3C(=O)CCC3=O)cc2c1. The summed E-state index contributed by atoms with van der Waals surface area (Å²) in [5.74, 6) is -1.20. The quantitative estimate of drug-likeness (QED) is 0.124. The van der Waals surface area contributed by atoms with Crippen molar-refractivity contribution in [2.75, 3.05) is 19.6 Å². The van der Waals surface area contributed by atoms with Gasteiger partial charge in [0.25, 0.3) is 11.8 Å². The molecule has 12 nitrogen and oxygen atoms in total. The third kappa shape index (κ3) is 8.22. The molecular weight excluding hydrogens is 466 g/mol. The first kappa shape index (κ1) is 26.4. The maximum absolute atomic E-state index is 11.9. The van der Waals surface area contributed by atoms with E-state index in [4.69, 9.17) is 16.0 Å². The summed E-state index contributed by atoms with van der Waals surface area (Å²) < 4.78 is 0. The molecule has 4 amide bonds.